The van der Waals surface area contributed by atoms with E-state index in [9.17, 15) is 0 Å². The molecule has 2 rings (SSSR count). The first kappa shape index (κ1) is 12.1. The lowest BCUT2D eigenvalue weighted by molar-refractivity contribution is 0.0670. The first-order chi connectivity index (χ1) is 7.77. The Hall–Kier alpha value is -0.380. The summed E-state index contributed by atoms with van der Waals surface area (Å²) in [7, 11) is 0. The van der Waals surface area contributed by atoms with Crippen LogP contribution in [0.15, 0.2) is 28.7 Å². The summed E-state index contributed by atoms with van der Waals surface area (Å²) >= 11 is 3.59. The average Bonchev–Trinajstić information content (AvgIpc) is 2.31. The van der Waals surface area contributed by atoms with Gasteiger partial charge in [-0.3, -0.25) is 0 Å². The maximum atomic E-state index is 5.47. The predicted octanol–water partition coefficient (Wildman–Crippen LogP) is 3.28. The molecule has 1 saturated heterocycles. The first-order valence-corrected chi connectivity index (χ1v) is 6.65. The van der Waals surface area contributed by atoms with Crippen LogP contribution in [-0.2, 0) is 4.74 Å². The van der Waals surface area contributed by atoms with Crippen LogP contribution in [0.4, 0.5) is 0 Å². The molecule has 16 heavy (non-hydrogen) atoms. The second kappa shape index (κ2) is 5.80. The summed E-state index contributed by atoms with van der Waals surface area (Å²) in [6.45, 7) is 3.96. The Morgan fingerprint density at radius 1 is 1.44 bits per heavy atom. The van der Waals surface area contributed by atoms with E-state index in [0.29, 0.717) is 12.1 Å². The van der Waals surface area contributed by atoms with E-state index >= 15 is 0 Å². The Kier molecular flexibility index (Phi) is 4.38. The summed E-state index contributed by atoms with van der Waals surface area (Å²) in [6, 6.07) is 9.23. The van der Waals surface area contributed by atoms with E-state index in [1.807, 2.05) is 6.07 Å². The van der Waals surface area contributed by atoms with Crippen molar-refractivity contribution >= 4 is 15.9 Å². The highest BCUT2D eigenvalue weighted by Crippen LogP contribution is 2.23. The standard InChI is InChI=1S/C13H18BrNO/c1-10(12-6-2-3-7-13(12)14)15-11-5-4-8-16-9-11/h2-3,6-7,10-11,15H,4-5,8-9H2,1H3/t10-,11?/m1/s1. The number of ether oxygens (including phenoxy) is 1. The second-order valence-corrected chi connectivity index (χ2v) is 5.18. The highest BCUT2D eigenvalue weighted by molar-refractivity contribution is 9.10. The number of rotatable bonds is 3. The smallest absolute Gasteiger partial charge is 0.0619 e. The Labute approximate surface area is 106 Å². The van der Waals surface area contributed by atoms with Gasteiger partial charge in [0, 0.05) is 23.2 Å². The molecule has 0 radical (unpaired) electrons. The number of nitrogens with one attached hydrogen (secondary N) is 1. The van der Waals surface area contributed by atoms with E-state index in [0.717, 1.165) is 13.2 Å². The highest BCUT2D eigenvalue weighted by atomic mass is 79.9. The van der Waals surface area contributed by atoms with Gasteiger partial charge >= 0.3 is 0 Å². The van der Waals surface area contributed by atoms with Crippen LogP contribution < -0.4 is 5.32 Å². The van der Waals surface area contributed by atoms with Gasteiger partial charge in [-0.1, -0.05) is 34.1 Å². The molecule has 2 nitrogen and oxygen atoms in total. The fourth-order valence-corrected chi connectivity index (χ4v) is 2.77. The van der Waals surface area contributed by atoms with E-state index in [1.165, 1.54) is 22.9 Å². The van der Waals surface area contributed by atoms with Gasteiger partial charge in [-0.15, -0.1) is 0 Å². The fourth-order valence-electron chi connectivity index (χ4n) is 2.14. The van der Waals surface area contributed by atoms with E-state index in [1.54, 1.807) is 0 Å². The van der Waals surface area contributed by atoms with Gasteiger partial charge in [0.05, 0.1) is 6.61 Å². The van der Waals surface area contributed by atoms with E-state index in [-0.39, 0.29) is 0 Å². The van der Waals surface area contributed by atoms with Gasteiger partial charge in [0.2, 0.25) is 0 Å². The maximum absolute atomic E-state index is 5.47. The van der Waals surface area contributed by atoms with Gasteiger partial charge in [0.1, 0.15) is 0 Å². The lowest BCUT2D eigenvalue weighted by Crippen LogP contribution is -2.38. The summed E-state index contributed by atoms with van der Waals surface area (Å²) in [4.78, 5) is 0. The molecular weight excluding hydrogens is 266 g/mol. The first-order valence-electron chi connectivity index (χ1n) is 5.85. The molecule has 0 aliphatic carbocycles. The van der Waals surface area contributed by atoms with Gasteiger partial charge in [0.15, 0.2) is 0 Å². The Morgan fingerprint density at radius 2 is 2.25 bits per heavy atom. The number of benzene rings is 1. The molecule has 0 amide bonds. The quantitative estimate of drug-likeness (QED) is 0.919. The van der Waals surface area contributed by atoms with Crippen molar-refractivity contribution in [2.45, 2.75) is 31.8 Å². The van der Waals surface area contributed by atoms with Crippen molar-refractivity contribution in [2.24, 2.45) is 0 Å². The molecule has 0 aromatic heterocycles. The minimum atomic E-state index is 0.363. The van der Waals surface area contributed by atoms with Gasteiger partial charge in [0.25, 0.3) is 0 Å². The van der Waals surface area contributed by atoms with Crippen molar-refractivity contribution in [2.75, 3.05) is 13.2 Å². The Balaban J connectivity index is 1.96. The monoisotopic (exact) mass is 283 g/mol. The molecular formula is C13H18BrNO. The van der Waals surface area contributed by atoms with Crippen molar-refractivity contribution in [1.29, 1.82) is 0 Å². The minimum Gasteiger partial charge on any atom is -0.380 e. The number of hydrogen-bond donors (Lipinski definition) is 1. The molecule has 1 aromatic carbocycles. The highest BCUT2D eigenvalue weighted by Gasteiger charge is 2.17. The summed E-state index contributed by atoms with van der Waals surface area (Å²) < 4.78 is 6.65. The molecule has 2 atom stereocenters. The van der Waals surface area contributed by atoms with E-state index in [4.69, 9.17) is 4.74 Å². The van der Waals surface area contributed by atoms with E-state index < -0.39 is 0 Å². The molecule has 1 aromatic rings. The third-order valence-electron chi connectivity index (χ3n) is 3.02. The zero-order valence-corrected chi connectivity index (χ0v) is 11.2. The fraction of sp³-hybridized carbons (Fsp3) is 0.538. The van der Waals surface area contributed by atoms with E-state index in [2.05, 4.69) is 46.4 Å². The molecule has 1 heterocycles. The van der Waals surface area contributed by atoms with Crippen LogP contribution in [0.1, 0.15) is 31.4 Å². The Morgan fingerprint density at radius 3 is 2.94 bits per heavy atom. The van der Waals surface area contributed by atoms with Gasteiger partial charge in [-0.2, -0.15) is 0 Å². The minimum absolute atomic E-state index is 0.363. The Bertz CT molecular complexity index is 336. The maximum Gasteiger partial charge on any atom is 0.0619 e. The molecule has 1 aliphatic heterocycles. The van der Waals surface area contributed by atoms with Crippen LogP contribution in [0.25, 0.3) is 0 Å². The zero-order valence-electron chi connectivity index (χ0n) is 9.58. The third-order valence-corrected chi connectivity index (χ3v) is 3.74. The van der Waals surface area contributed by atoms with Crippen LogP contribution >= 0.6 is 15.9 Å². The molecule has 88 valence electrons. The summed E-state index contributed by atoms with van der Waals surface area (Å²) in [5.41, 5.74) is 1.31. The molecule has 1 N–H and O–H groups in total. The molecule has 0 saturated carbocycles. The SMILES string of the molecule is C[C@@H](NC1CCCOC1)c1ccccc1Br. The van der Waals surface area contributed by atoms with Crippen molar-refractivity contribution in [3.63, 3.8) is 0 Å². The topological polar surface area (TPSA) is 21.3 Å². The molecule has 0 bridgehead atoms. The van der Waals surface area contributed by atoms with Crippen molar-refractivity contribution in [3.8, 4) is 0 Å². The van der Waals surface area contributed by atoms with Crippen molar-refractivity contribution in [3.05, 3.63) is 34.3 Å². The molecule has 0 spiro atoms. The number of halogens is 1. The molecule has 1 fully saturated rings. The molecule has 1 aliphatic rings. The van der Waals surface area contributed by atoms with Crippen LogP contribution in [0.2, 0.25) is 0 Å². The van der Waals surface area contributed by atoms with Crippen molar-refractivity contribution < 1.29 is 4.74 Å². The number of hydrogen-bond acceptors (Lipinski definition) is 2. The zero-order chi connectivity index (χ0) is 11.4. The second-order valence-electron chi connectivity index (χ2n) is 4.32. The summed E-state index contributed by atoms with van der Waals surface area (Å²) in [5.74, 6) is 0. The van der Waals surface area contributed by atoms with Crippen molar-refractivity contribution in [1.82, 2.24) is 5.32 Å². The van der Waals surface area contributed by atoms with Crippen LogP contribution in [0.5, 0.6) is 0 Å². The van der Waals surface area contributed by atoms with Gasteiger partial charge in [-0.05, 0) is 31.4 Å². The normalized spacial score (nSPS) is 23.0. The lowest BCUT2D eigenvalue weighted by Gasteiger charge is -2.27. The van der Waals surface area contributed by atoms with Crippen LogP contribution in [0, 0.1) is 0 Å². The van der Waals surface area contributed by atoms with Gasteiger partial charge < -0.3 is 10.1 Å². The summed E-state index contributed by atoms with van der Waals surface area (Å²) in [5, 5.41) is 3.62. The average molecular weight is 284 g/mol. The summed E-state index contributed by atoms with van der Waals surface area (Å²) in [6.07, 6.45) is 2.38. The van der Waals surface area contributed by atoms with Crippen LogP contribution in [-0.4, -0.2) is 19.3 Å². The predicted molar refractivity (Wildman–Crippen MR) is 69.5 cm³/mol. The molecule has 1 unspecified atom stereocenters. The lowest BCUT2D eigenvalue weighted by atomic mass is 10.1. The third kappa shape index (κ3) is 3.06. The van der Waals surface area contributed by atoms with Crippen LogP contribution in [0.3, 0.4) is 0 Å². The molecule has 3 heteroatoms. The largest absolute Gasteiger partial charge is 0.380 e. The van der Waals surface area contributed by atoms with Gasteiger partial charge in [-0.25, -0.2) is 0 Å².